The second-order valence-corrected chi connectivity index (χ2v) is 7.86. The first-order valence-electron chi connectivity index (χ1n) is 9.11. The number of hydrogen-bond donors (Lipinski definition) is 1. The van der Waals surface area contributed by atoms with E-state index in [2.05, 4.69) is 26.1 Å². The van der Waals surface area contributed by atoms with Crippen LogP contribution in [0.25, 0.3) is 0 Å². The van der Waals surface area contributed by atoms with Gasteiger partial charge in [-0.25, -0.2) is 0 Å². The molecule has 1 aliphatic rings. The van der Waals surface area contributed by atoms with Crippen LogP contribution >= 0.6 is 0 Å². The molecule has 1 heterocycles. The molecule has 2 aromatic carbocycles. The molecular weight excluding hydrogens is 356 g/mol. The highest BCUT2D eigenvalue weighted by Gasteiger charge is 2.40. The van der Waals surface area contributed by atoms with Gasteiger partial charge in [-0.3, -0.25) is 19.3 Å². The van der Waals surface area contributed by atoms with Gasteiger partial charge < -0.3 is 10.1 Å². The first-order valence-corrected chi connectivity index (χ1v) is 9.11. The summed E-state index contributed by atoms with van der Waals surface area (Å²) in [6.07, 6.45) is 0. The van der Waals surface area contributed by atoms with E-state index < -0.39 is 23.8 Å². The smallest absolute Gasteiger partial charge is 0.262 e. The van der Waals surface area contributed by atoms with Crippen molar-refractivity contribution in [2.45, 2.75) is 39.2 Å². The molecule has 6 heteroatoms. The van der Waals surface area contributed by atoms with Crippen LogP contribution in [0.4, 0.5) is 5.69 Å². The lowest BCUT2D eigenvalue weighted by molar-refractivity contribution is -0.119. The molecule has 6 nitrogen and oxygen atoms in total. The van der Waals surface area contributed by atoms with E-state index in [9.17, 15) is 14.4 Å². The highest BCUT2D eigenvalue weighted by Crippen LogP contribution is 2.32. The highest BCUT2D eigenvalue weighted by molar-refractivity contribution is 6.23. The summed E-state index contributed by atoms with van der Waals surface area (Å²) >= 11 is 0. The van der Waals surface area contributed by atoms with Crippen LogP contribution in [0.5, 0.6) is 5.75 Å². The number of fused-ring (bicyclic) bond motifs is 1. The van der Waals surface area contributed by atoms with Crippen LogP contribution in [0.1, 0.15) is 54.0 Å². The van der Waals surface area contributed by atoms with Gasteiger partial charge in [-0.2, -0.15) is 0 Å². The largest absolute Gasteiger partial charge is 0.495 e. The fourth-order valence-electron chi connectivity index (χ4n) is 3.19. The van der Waals surface area contributed by atoms with E-state index >= 15 is 0 Å². The zero-order chi connectivity index (χ0) is 20.6. The zero-order valence-corrected chi connectivity index (χ0v) is 16.7. The van der Waals surface area contributed by atoms with Gasteiger partial charge in [-0.05, 0) is 42.2 Å². The minimum Gasteiger partial charge on any atom is -0.495 e. The Morgan fingerprint density at radius 3 is 2.11 bits per heavy atom. The third-order valence-electron chi connectivity index (χ3n) is 4.92. The van der Waals surface area contributed by atoms with Crippen molar-refractivity contribution in [3.63, 3.8) is 0 Å². The number of imide groups is 1. The molecular formula is C22H24N2O4. The van der Waals surface area contributed by atoms with Crippen LogP contribution in [0.3, 0.4) is 0 Å². The third-order valence-corrected chi connectivity index (χ3v) is 4.92. The van der Waals surface area contributed by atoms with Crippen LogP contribution in [0.15, 0.2) is 42.5 Å². The molecule has 0 saturated carbocycles. The fourth-order valence-corrected chi connectivity index (χ4v) is 3.19. The van der Waals surface area contributed by atoms with E-state index in [0.717, 1.165) is 10.5 Å². The molecule has 0 radical (unpaired) electrons. The second kappa shape index (κ2) is 7.11. The van der Waals surface area contributed by atoms with E-state index in [4.69, 9.17) is 4.74 Å². The monoisotopic (exact) mass is 380 g/mol. The molecule has 0 bridgehead atoms. The van der Waals surface area contributed by atoms with Crippen molar-refractivity contribution in [2.24, 2.45) is 0 Å². The maximum atomic E-state index is 12.9. The minimum absolute atomic E-state index is 0.111. The maximum Gasteiger partial charge on any atom is 0.262 e. The van der Waals surface area contributed by atoms with Gasteiger partial charge in [0.25, 0.3) is 11.8 Å². The van der Waals surface area contributed by atoms with Crippen molar-refractivity contribution in [3.8, 4) is 5.75 Å². The number of amides is 3. The molecule has 3 amide bonds. The van der Waals surface area contributed by atoms with Gasteiger partial charge in [0.1, 0.15) is 11.8 Å². The van der Waals surface area contributed by atoms with Gasteiger partial charge in [0.2, 0.25) is 5.91 Å². The number of benzene rings is 2. The SMILES string of the molecule is COc1ccc(C(C)(C)C)cc1NC(=O)C(C)N1C(=O)c2ccccc2C1=O. The van der Waals surface area contributed by atoms with Crippen molar-refractivity contribution in [3.05, 3.63) is 59.2 Å². The number of ether oxygens (including phenoxy) is 1. The van der Waals surface area contributed by atoms with Crippen molar-refractivity contribution in [1.29, 1.82) is 0 Å². The molecule has 0 spiro atoms. The number of carbonyl (C=O) groups excluding carboxylic acids is 3. The first kappa shape index (κ1) is 19.6. The Labute approximate surface area is 164 Å². The average molecular weight is 380 g/mol. The third kappa shape index (κ3) is 3.38. The molecule has 1 N–H and O–H groups in total. The number of methoxy groups -OCH3 is 1. The summed E-state index contributed by atoms with van der Waals surface area (Å²) in [5.41, 5.74) is 2.05. The number of hydrogen-bond acceptors (Lipinski definition) is 4. The summed E-state index contributed by atoms with van der Waals surface area (Å²) in [5, 5.41) is 2.81. The Balaban J connectivity index is 1.86. The Morgan fingerprint density at radius 2 is 1.61 bits per heavy atom. The summed E-state index contributed by atoms with van der Waals surface area (Å²) in [5.74, 6) is -0.868. The standard InChI is InChI=1S/C22H24N2O4/c1-13(24-20(26)15-8-6-7-9-16(15)21(24)27)19(25)23-17-12-14(22(2,3)4)10-11-18(17)28-5/h6-13H,1-5H3,(H,23,25). The Morgan fingerprint density at radius 1 is 1.04 bits per heavy atom. The van der Waals surface area contributed by atoms with E-state index in [1.807, 2.05) is 12.1 Å². The molecule has 2 aromatic rings. The lowest BCUT2D eigenvalue weighted by Gasteiger charge is -2.24. The van der Waals surface area contributed by atoms with Crippen LogP contribution in [-0.4, -0.2) is 35.8 Å². The van der Waals surface area contributed by atoms with Crippen LogP contribution < -0.4 is 10.1 Å². The van der Waals surface area contributed by atoms with Gasteiger partial charge >= 0.3 is 0 Å². The Kier molecular flexibility index (Phi) is 4.98. The number of nitrogens with one attached hydrogen (secondary N) is 1. The highest BCUT2D eigenvalue weighted by atomic mass is 16.5. The summed E-state index contributed by atoms with van der Waals surface area (Å²) < 4.78 is 5.35. The number of anilines is 1. The summed E-state index contributed by atoms with van der Waals surface area (Å²) in [7, 11) is 1.52. The van der Waals surface area contributed by atoms with Crippen molar-refractivity contribution < 1.29 is 19.1 Å². The quantitative estimate of drug-likeness (QED) is 0.822. The first-order chi connectivity index (χ1) is 13.1. The van der Waals surface area contributed by atoms with Gasteiger partial charge in [-0.1, -0.05) is 39.0 Å². The molecule has 1 unspecified atom stereocenters. The topological polar surface area (TPSA) is 75.7 Å². The van der Waals surface area contributed by atoms with E-state index in [1.165, 1.54) is 14.0 Å². The average Bonchev–Trinajstić information content (AvgIpc) is 2.91. The zero-order valence-electron chi connectivity index (χ0n) is 16.7. The molecule has 0 saturated heterocycles. The Bertz CT molecular complexity index is 924. The van der Waals surface area contributed by atoms with Gasteiger partial charge in [0, 0.05) is 0 Å². The predicted octanol–water partition coefficient (Wildman–Crippen LogP) is 3.62. The molecule has 0 fully saturated rings. The van der Waals surface area contributed by atoms with Gasteiger partial charge in [0.05, 0.1) is 23.9 Å². The second-order valence-electron chi connectivity index (χ2n) is 7.86. The normalized spacial score (nSPS) is 14.7. The molecule has 0 aliphatic carbocycles. The minimum atomic E-state index is -0.963. The number of carbonyl (C=O) groups is 3. The Hall–Kier alpha value is -3.15. The van der Waals surface area contributed by atoms with E-state index in [1.54, 1.807) is 30.3 Å². The lowest BCUT2D eigenvalue weighted by Crippen LogP contribution is -2.45. The lowest BCUT2D eigenvalue weighted by atomic mass is 9.87. The fraction of sp³-hybridized carbons (Fsp3) is 0.318. The van der Waals surface area contributed by atoms with Crippen molar-refractivity contribution >= 4 is 23.4 Å². The molecule has 0 aromatic heterocycles. The van der Waals surface area contributed by atoms with Gasteiger partial charge in [-0.15, -0.1) is 0 Å². The number of rotatable bonds is 4. The van der Waals surface area contributed by atoms with Crippen molar-refractivity contribution in [2.75, 3.05) is 12.4 Å². The van der Waals surface area contributed by atoms with Gasteiger partial charge in [0.15, 0.2) is 0 Å². The molecule has 146 valence electrons. The molecule has 28 heavy (non-hydrogen) atoms. The van der Waals surface area contributed by atoms with E-state index in [-0.39, 0.29) is 5.41 Å². The number of nitrogens with zero attached hydrogens (tertiary/aromatic N) is 1. The molecule has 1 atom stereocenters. The summed E-state index contributed by atoms with van der Waals surface area (Å²) in [4.78, 5) is 39.1. The molecule has 3 rings (SSSR count). The van der Waals surface area contributed by atoms with Crippen LogP contribution in [-0.2, 0) is 10.2 Å². The van der Waals surface area contributed by atoms with E-state index in [0.29, 0.717) is 22.6 Å². The molecule has 1 aliphatic heterocycles. The van der Waals surface area contributed by atoms with Crippen molar-refractivity contribution in [1.82, 2.24) is 4.90 Å². The van der Waals surface area contributed by atoms with Crippen LogP contribution in [0.2, 0.25) is 0 Å². The summed E-state index contributed by atoms with van der Waals surface area (Å²) in [6.45, 7) is 7.75. The maximum absolute atomic E-state index is 12.9. The van der Waals surface area contributed by atoms with Crippen LogP contribution in [0, 0.1) is 0 Å². The summed E-state index contributed by atoms with van der Waals surface area (Å²) in [6, 6.07) is 11.2. The predicted molar refractivity (Wildman–Crippen MR) is 107 cm³/mol.